The van der Waals surface area contributed by atoms with Gasteiger partial charge in [-0.05, 0) is 18.9 Å². The van der Waals surface area contributed by atoms with Gasteiger partial charge in [0.2, 0.25) is 0 Å². The molecule has 1 saturated heterocycles. The number of nitro groups is 1. The van der Waals surface area contributed by atoms with Crippen LogP contribution in [0.15, 0.2) is 18.2 Å². The summed E-state index contributed by atoms with van der Waals surface area (Å²) >= 11 is 0. The van der Waals surface area contributed by atoms with Gasteiger partial charge in [0.25, 0.3) is 5.69 Å². The van der Waals surface area contributed by atoms with Crippen molar-refractivity contribution < 1.29 is 14.4 Å². The molecular weight excluding hydrogens is 272 g/mol. The lowest BCUT2D eigenvalue weighted by Gasteiger charge is -2.24. The summed E-state index contributed by atoms with van der Waals surface area (Å²) in [5.74, 6) is 0.698. The van der Waals surface area contributed by atoms with E-state index in [4.69, 9.17) is 9.47 Å². The number of rotatable bonds is 6. The van der Waals surface area contributed by atoms with E-state index in [0.29, 0.717) is 24.9 Å². The molecule has 116 valence electrons. The minimum absolute atomic E-state index is 0.0259. The summed E-state index contributed by atoms with van der Waals surface area (Å²) < 4.78 is 11.4. The van der Waals surface area contributed by atoms with E-state index in [1.165, 1.54) is 6.07 Å². The number of hydrogen-bond acceptors (Lipinski definition) is 5. The lowest BCUT2D eigenvalue weighted by atomic mass is 10.1. The summed E-state index contributed by atoms with van der Waals surface area (Å²) in [6.45, 7) is 5.97. The average molecular weight is 294 g/mol. The second-order valence-electron chi connectivity index (χ2n) is 5.54. The Morgan fingerprint density at radius 3 is 2.95 bits per heavy atom. The van der Waals surface area contributed by atoms with Crippen LogP contribution in [0.5, 0.6) is 5.75 Å². The molecule has 0 spiro atoms. The number of hydrogen-bond donors (Lipinski definition) is 1. The number of nitrogens with one attached hydrogen (secondary N) is 1. The Hall–Kier alpha value is -1.66. The van der Waals surface area contributed by atoms with Gasteiger partial charge in [0, 0.05) is 36.9 Å². The average Bonchev–Trinajstić information content (AvgIpc) is 2.47. The Labute approximate surface area is 124 Å². The van der Waals surface area contributed by atoms with Crippen LogP contribution in [0, 0.1) is 10.1 Å². The van der Waals surface area contributed by atoms with Crippen LogP contribution < -0.4 is 10.1 Å². The molecule has 1 atom stereocenters. The summed E-state index contributed by atoms with van der Waals surface area (Å²) in [6, 6.07) is 5.05. The van der Waals surface area contributed by atoms with Crippen molar-refractivity contribution in [3.8, 4) is 5.75 Å². The molecule has 1 N–H and O–H groups in total. The molecule has 6 heteroatoms. The maximum absolute atomic E-state index is 10.9. The largest absolute Gasteiger partial charge is 0.488 e. The van der Waals surface area contributed by atoms with Crippen LogP contribution in [0.25, 0.3) is 0 Å². The van der Waals surface area contributed by atoms with Crippen molar-refractivity contribution in [3.05, 3.63) is 33.9 Å². The van der Waals surface area contributed by atoms with Crippen molar-refractivity contribution in [3.63, 3.8) is 0 Å². The molecule has 0 aliphatic carbocycles. The van der Waals surface area contributed by atoms with Gasteiger partial charge < -0.3 is 14.8 Å². The predicted molar refractivity (Wildman–Crippen MR) is 79.5 cm³/mol. The van der Waals surface area contributed by atoms with E-state index in [0.717, 1.165) is 25.0 Å². The molecule has 21 heavy (non-hydrogen) atoms. The molecule has 6 nitrogen and oxygen atoms in total. The van der Waals surface area contributed by atoms with E-state index >= 15 is 0 Å². The molecule has 0 bridgehead atoms. The first-order valence-corrected chi connectivity index (χ1v) is 7.31. The zero-order chi connectivity index (χ0) is 15.2. The smallest absolute Gasteiger partial charge is 0.270 e. The number of ether oxygens (including phenoxy) is 2. The van der Waals surface area contributed by atoms with Crippen molar-refractivity contribution in [2.24, 2.45) is 0 Å². The Kier molecular flexibility index (Phi) is 5.52. The molecule has 0 amide bonds. The standard InChI is InChI=1S/C15H22N2O4/c1-11(2)16-9-12-8-13(17(18)19)5-6-15(12)21-14-4-3-7-20-10-14/h5-6,8,11,14,16H,3-4,7,9-10H2,1-2H3. The molecule has 1 fully saturated rings. The second-order valence-corrected chi connectivity index (χ2v) is 5.54. The van der Waals surface area contributed by atoms with Gasteiger partial charge in [-0.15, -0.1) is 0 Å². The number of nitro benzene ring substituents is 1. The van der Waals surface area contributed by atoms with Gasteiger partial charge in [-0.3, -0.25) is 10.1 Å². The highest BCUT2D eigenvalue weighted by atomic mass is 16.6. The van der Waals surface area contributed by atoms with E-state index in [2.05, 4.69) is 5.32 Å². The van der Waals surface area contributed by atoms with E-state index < -0.39 is 0 Å². The highest BCUT2D eigenvalue weighted by Gasteiger charge is 2.18. The Morgan fingerprint density at radius 2 is 2.33 bits per heavy atom. The lowest BCUT2D eigenvalue weighted by Crippen LogP contribution is -2.29. The third-order valence-electron chi connectivity index (χ3n) is 3.37. The lowest BCUT2D eigenvalue weighted by molar-refractivity contribution is -0.384. The quantitative estimate of drug-likeness (QED) is 0.645. The maximum Gasteiger partial charge on any atom is 0.270 e. The fourth-order valence-corrected chi connectivity index (χ4v) is 2.23. The first-order valence-electron chi connectivity index (χ1n) is 7.31. The van der Waals surface area contributed by atoms with Gasteiger partial charge in [-0.2, -0.15) is 0 Å². The zero-order valence-corrected chi connectivity index (χ0v) is 12.5. The predicted octanol–water partition coefficient (Wildman–Crippen LogP) is 2.65. The van der Waals surface area contributed by atoms with Gasteiger partial charge in [-0.1, -0.05) is 13.8 Å². The highest BCUT2D eigenvalue weighted by Crippen LogP contribution is 2.26. The Bertz CT molecular complexity index is 485. The van der Waals surface area contributed by atoms with Crippen LogP contribution in [0.4, 0.5) is 5.69 Å². The number of nitrogens with zero attached hydrogens (tertiary/aromatic N) is 1. The highest BCUT2D eigenvalue weighted by molar-refractivity contribution is 5.44. The molecule has 1 aromatic rings. The van der Waals surface area contributed by atoms with Crippen LogP contribution >= 0.6 is 0 Å². The summed E-state index contributed by atoms with van der Waals surface area (Å²) in [5.41, 5.74) is 0.895. The molecule has 1 heterocycles. The van der Waals surface area contributed by atoms with Crippen molar-refractivity contribution in [2.75, 3.05) is 13.2 Å². The second kappa shape index (κ2) is 7.38. The van der Waals surface area contributed by atoms with E-state index in [1.54, 1.807) is 12.1 Å². The van der Waals surface area contributed by atoms with Crippen LogP contribution in [0.1, 0.15) is 32.3 Å². The van der Waals surface area contributed by atoms with Crippen molar-refractivity contribution in [1.29, 1.82) is 0 Å². The van der Waals surface area contributed by atoms with Gasteiger partial charge in [0.05, 0.1) is 11.5 Å². The summed E-state index contributed by atoms with van der Waals surface area (Å²) in [6.07, 6.45) is 1.96. The third kappa shape index (κ3) is 4.68. The van der Waals surface area contributed by atoms with Crippen molar-refractivity contribution in [2.45, 2.75) is 45.4 Å². The summed E-state index contributed by atoms with van der Waals surface area (Å²) in [4.78, 5) is 10.5. The van der Waals surface area contributed by atoms with Crippen LogP contribution in [-0.2, 0) is 11.3 Å². The Morgan fingerprint density at radius 1 is 1.52 bits per heavy atom. The van der Waals surface area contributed by atoms with Gasteiger partial charge >= 0.3 is 0 Å². The van der Waals surface area contributed by atoms with Crippen LogP contribution in [0.2, 0.25) is 0 Å². The fraction of sp³-hybridized carbons (Fsp3) is 0.600. The molecule has 0 aromatic heterocycles. The maximum atomic E-state index is 10.9. The minimum atomic E-state index is -0.383. The SMILES string of the molecule is CC(C)NCc1cc([N+](=O)[O-])ccc1OC1CCCOC1. The number of benzene rings is 1. The summed E-state index contributed by atoms with van der Waals surface area (Å²) in [7, 11) is 0. The third-order valence-corrected chi connectivity index (χ3v) is 3.37. The van der Waals surface area contributed by atoms with E-state index in [9.17, 15) is 10.1 Å². The monoisotopic (exact) mass is 294 g/mol. The first kappa shape index (κ1) is 15.7. The van der Waals surface area contributed by atoms with Gasteiger partial charge in [-0.25, -0.2) is 0 Å². The van der Waals surface area contributed by atoms with Crippen LogP contribution in [-0.4, -0.2) is 30.3 Å². The molecule has 1 aliphatic rings. The zero-order valence-electron chi connectivity index (χ0n) is 12.5. The Balaban J connectivity index is 2.14. The molecular formula is C15H22N2O4. The molecule has 0 radical (unpaired) electrons. The number of non-ortho nitro benzene ring substituents is 1. The fourth-order valence-electron chi connectivity index (χ4n) is 2.23. The topological polar surface area (TPSA) is 73.6 Å². The molecule has 1 unspecified atom stereocenters. The van der Waals surface area contributed by atoms with Crippen molar-refractivity contribution >= 4 is 5.69 Å². The molecule has 2 rings (SSSR count). The minimum Gasteiger partial charge on any atom is -0.488 e. The van der Waals surface area contributed by atoms with E-state index in [1.807, 2.05) is 13.8 Å². The first-order chi connectivity index (χ1) is 10.1. The normalized spacial score (nSPS) is 18.7. The molecule has 1 aliphatic heterocycles. The van der Waals surface area contributed by atoms with Crippen molar-refractivity contribution in [1.82, 2.24) is 5.32 Å². The van der Waals surface area contributed by atoms with Crippen LogP contribution in [0.3, 0.4) is 0 Å². The summed E-state index contributed by atoms with van der Waals surface area (Å²) in [5, 5.41) is 14.2. The van der Waals surface area contributed by atoms with Gasteiger partial charge in [0.15, 0.2) is 0 Å². The van der Waals surface area contributed by atoms with Gasteiger partial charge in [0.1, 0.15) is 11.9 Å². The molecule has 1 aromatic carbocycles. The molecule has 0 saturated carbocycles. The van der Waals surface area contributed by atoms with E-state index in [-0.39, 0.29) is 16.7 Å².